The summed E-state index contributed by atoms with van der Waals surface area (Å²) in [5.41, 5.74) is 10.2. The first-order chi connectivity index (χ1) is 9.22. The highest BCUT2D eigenvalue weighted by atomic mass is 16.3. The monoisotopic (exact) mass is 254 g/mol. The Morgan fingerprint density at radius 1 is 1.11 bits per heavy atom. The van der Waals surface area contributed by atoms with Crippen molar-refractivity contribution in [1.82, 2.24) is 4.90 Å². The van der Waals surface area contributed by atoms with Crippen LogP contribution in [0.5, 0.6) is 5.75 Å². The van der Waals surface area contributed by atoms with E-state index in [9.17, 15) is 5.11 Å². The van der Waals surface area contributed by atoms with E-state index in [0.717, 1.165) is 31.6 Å². The molecule has 3 N–H and O–H groups in total. The third-order valence-corrected chi connectivity index (χ3v) is 3.71. The first kappa shape index (κ1) is 12.1. The molecule has 0 atom stereocenters. The lowest BCUT2D eigenvalue weighted by atomic mass is 9.99. The second kappa shape index (κ2) is 4.94. The highest BCUT2D eigenvalue weighted by Crippen LogP contribution is 2.24. The van der Waals surface area contributed by atoms with Gasteiger partial charge in [-0.2, -0.15) is 0 Å². The van der Waals surface area contributed by atoms with Crippen LogP contribution in [-0.4, -0.2) is 16.6 Å². The summed E-state index contributed by atoms with van der Waals surface area (Å²) >= 11 is 0. The van der Waals surface area contributed by atoms with Crippen molar-refractivity contribution in [3.05, 3.63) is 59.2 Å². The van der Waals surface area contributed by atoms with Crippen LogP contribution in [0.4, 0.5) is 5.69 Å². The molecular weight excluding hydrogens is 236 g/mol. The van der Waals surface area contributed by atoms with Crippen molar-refractivity contribution in [3.8, 4) is 5.75 Å². The fraction of sp³-hybridized carbons (Fsp3) is 0.250. The molecule has 1 aliphatic heterocycles. The standard InChI is InChI=1S/C16H18N2O/c17-15-9-12(5-6-16(15)19)10-18-8-7-13-3-1-2-4-14(13)11-18/h1-6,9,19H,7-8,10-11,17H2. The molecular formula is C16H18N2O. The second-order valence-corrected chi connectivity index (χ2v) is 5.12. The van der Waals surface area contributed by atoms with Gasteiger partial charge in [0, 0.05) is 19.6 Å². The first-order valence-electron chi connectivity index (χ1n) is 6.59. The Hall–Kier alpha value is -2.00. The molecule has 98 valence electrons. The van der Waals surface area contributed by atoms with Gasteiger partial charge in [-0.3, -0.25) is 4.90 Å². The fourth-order valence-corrected chi connectivity index (χ4v) is 2.65. The van der Waals surface area contributed by atoms with Crippen molar-refractivity contribution in [2.45, 2.75) is 19.5 Å². The highest BCUT2D eigenvalue weighted by molar-refractivity contribution is 5.53. The Balaban J connectivity index is 1.73. The van der Waals surface area contributed by atoms with Gasteiger partial charge in [0.1, 0.15) is 5.75 Å². The number of phenols is 1. The van der Waals surface area contributed by atoms with Gasteiger partial charge in [0.15, 0.2) is 0 Å². The van der Waals surface area contributed by atoms with Gasteiger partial charge in [0.05, 0.1) is 5.69 Å². The molecule has 1 heterocycles. The Bertz CT molecular complexity index is 595. The number of nitrogens with two attached hydrogens (primary N) is 1. The highest BCUT2D eigenvalue weighted by Gasteiger charge is 2.15. The molecule has 0 spiro atoms. The lowest BCUT2D eigenvalue weighted by Gasteiger charge is -2.28. The number of fused-ring (bicyclic) bond motifs is 1. The van der Waals surface area contributed by atoms with Gasteiger partial charge >= 0.3 is 0 Å². The minimum Gasteiger partial charge on any atom is -0.506 e. The van der Waals surface area contributed by atoms with Gasteiger partial charge in [0.2, 0.25) is 0 Å². The number of hydrogen-bond acceptors (Lipinski definition) is 3. The van der Waals surface area contributed by atoms with Crippen LogP contribution in [0.25, 0.3) is 0 Å². The first-order valence-corrected chi connectivity index (χ1v) is 6.59. The second-order valence-electron chi connectivity index (χ2n) is 5.12. The van der Waals surface area contributed by atoms with Crippen LogP contribution in [0.2, 0.25) is 0 Å². The van der Waals surface area contributed by atoms with Crippen LogP contribution >= 0.6 is 0 Å². The van der Waals surface area contributed by atoms with Crippen molar-refractivity contribution in [2.24, 2.45) is 0 Å². The zero-order chi connectivity index (χ0) is 13.2. The number of aromatic hydroxyl groups is 1. The number of nitrogens with zero attached hydrogens (tertiary/aromatic N) is 1. The summed E-state index contributed by atoms with van der Waals surface area (Å²) in [6, 6.07) is 14.1. The maximum Gasteiger partial charge on any atom is 0.138 e. The predicted octanol–water partition coefficient (Wildman–Crippen LogP) is 2.53. The number of benzene rings is 2. The molecule has 3 rings (SSSR count). The molecule has 0 bridgehead atoms. The maximum atomic E-state index is 9.44. The van der Waals surface area contributed by atoms with Gasteiger partial charge in [-0.25, -0.2) is 0 Å². The van der Waals surface area contributed by atoms with Crippen molar-refractivity contribution in [3.63, 3.8) is 0 Å². The SMILES string of the molecule is Nc1cc(CN2CCc3ccccc3C2)ccc1O. The van der Waals surface area contributed by atoms with Crippen LogP contribution in [0, 0.1) is 0 Å². The molecule has 2 aromatic rings. The molecule has 0 fully saturated rings. The van der Waals surface area contributed by atoms with E-state index in [4.69, 9.17) is 5.73 Å². The van der Waals surface area contributed by atoms with Gasteiger partial charge in [-0.15, -0.1) is 0 Å². The van der Waals surface area contributed by atoms with Gasteiger partial charge in [-0.05, 0) is 35.2 Å². The molecule has 3 nitrogen and oxygen atoms in total. The van der Waals surface area contributed by atoms with E-state index in [2.05, 4.69) is 29.2 Å². The van der Waals surface area contributed by atoms with Crippen LogP contribution in [0.15, 0.2) is 42.5 Å². The number of nitrogen functional groups attached to an aromatic ring is 1. The molecule has 19 heavy (non-hydrogen) atoms. The third-order valence-electron chi connectivity index (χ3n) is 3.71. The summed E-state index contributed by atoms with van der Waals surface area (Å²) < 4.78 is 0. The lowest BCUT2D eigenvalue weighted by Crippen LogP contribution is -2.29. The van der Waals surface area contributed by atoms with Crippen LogP contribution in [0.3, 0.4) is 0 Å². The van der Waals surface area contributed by atoms with Crippen molar-refractivity contribution >= 4 is 5.69 Å². The molecule has 1 aliphatic rings. The largest absolute Gasteiger partial charge is 0.506 e. The van der Waals surface area contributed by atoms with E-state index >= 15 is 0 Å². The molecule has 0 radical (unpaired) electrons. The van der Waals surface area contributed by atoms with E-state index < -0.39 is 0 Å². The molecule has 0 aliphatic carbocycles. The van der Waals surface area contributed by atoms with Gasteiger partial charge in [-0.1, -0.05) is 30.3 Å². The van der Waals surface area contributed by atoms with Gasteiger partial charge in [0.25, 0.3) is 0 Å². The predicted molar refractivity (Wildman–Crippen MR) is 76.8 cm³/mol. The Kier molecular flexibility index (Phi) is 3.13. The fourth-order valence-electron chi connectivity index (χ4n) is 2.65. The summed E-state index contributed by atoms with van der Waals surface area (Å²) in [7, 11) is 0. The summed E-state index contributed by atoms with van der Waals surface area (Å²) in [6.45, 7) is 2.92. The number of anilines is 1. The molecule has 0 aromatic heterocycles. The summed E-state index contributed by atoms with van der Waals surface area (Å²) in [6.07, 6.45) is 1.10. The van der Waals surface area contributed by atoms with E-state index in [1.807, 2.05) is 12.1 Å². The Morgan fingerprint density at radius 3 is 2.68 bits per heavy atom. The van der Waals surface area contributed by atoms with Crippen LogP contribution in [-0.2, 0) is 19.5 Å². The van der Waals surface area contributed by atoms with Crippen molar-refractivity contribution < 1.29 is 5.11 Å². The summed E-state index contributed by atoms with van der Waals surface area (Å²) in [4.78, 5) is 2.41. The van der Waals surface area contributed by atoms with E-state index in [1.54, 1.807) is 6.07 Å². The average Bonchev–Trinajstić information content (AvgIpc) is 2.43. The van der Waals surface area contributed by atoms with Crippen LogP contribution in [0.1, 0.15) is 16.7 Å². The lowest BCUT2D eigenvalue weighted by molar-refractivity contribution is 0.245. The van der Waals surface area contributed by atoms with Crippen molar-refractivity contribution in [2.75, 3.05) is 12.3 Å². The van der Waals surface area contributed by atoms with Gasteiger partial charge < -0.3 is 10.8 Å². The summed E-state index contributed by atoms with van der Waals surface area (Å²) in [5.74, 6) is 0.160. The molecule has 0 saturated carbocycles. The third kappa shape index (κ3) is 2.56. The average molecular weight is 254 g/mol. The smallest absolute Gasteiger partial charge is 0.138 e. The minimum atomic E-state index is 0.160. The maximum absolute atomic E-state index is 9.44. The topological polar surface area (TPSA) is 49.5 Å². The van der Waals surface area contributed by atoms with E-state index in [-0.39, 0.29) is 5.75 Å². The van der Waals surface area contributed by atoms with Crippen LogP contribution < -0.4 is 5.73 Å². The Morgan fingerprint density at radius 2 is 1.89 bits per heavy atom. The summed E-state index contributed by atoms with van der Waals surface area (Å²) in [5, 5.41) is 9.44. The Labute approximate surface area is 113 Å². The van der Waals surface area contributed by atoms with E-state index in [0.29, 0.717) is 5.69 Å². The zero-order valence-corrected chi connectivity index (χ0v) is 10.8. The molecule has 3 heteroatoms. The molecule has 0 unspecified atom stereocenters. The number of phenolic OH excluding ortho intramolecular Hbond substituents is 1. The minimum absolute atomic E-state index is 0.160. The number of rotatable bonds is 2. The zero-order valence-electron chi connectivity index (χ0n) is 10.8. The van der Waals surface area contributed by atoms with E-state index in [1.165, 1.54) is 11.1 Å². The number of hydrogen-bond donors (Lipinski definition) is 2. The molecule has 0 saturated heterocycles. The molecule has 0 amide bonds. The quantitative estimate of drug-likeness (QED) is 0.639. The normalized spacial score (nSPS) is 15.2. The van der Waals surface area contributed by atoms with Crippen molar-refractivity contribution in [1.29, 1.82) is 0 Å². The molecule has 2 aromatic carbocycles.